The Bertz CT molecular complexity index is 806. The van der Waals surface area contributed by atoms with Crippen molar-refractivity contribution in [1.29, 1.82) is 0 Å². The lowest BCUT2D eigenvalue weighted by atomic mass is 10.2. The minimum atomic E-state index is -4.48. The van der Waals surface area contributed by atoms with Crippen molar-refractivity contribution in [3.05, 3.63) is 29.7 Å². The van der Waals surface area contributed by atoms with E-state index in [9.17, 15) is 23.1 Å². The van der Waals surface area contributed by atoms with Crippen LogP contribution in [0.1, 0.15) is 11.4 Å². The van der Waals surface area contributed by atoms with Gasteiger partial charge in [-0.2, -0.15) is 13.2 Å². The molecule has 1 aliphatic heterocycles. The summed E-state index contributed by atoms with van der Waals surface area (Å²) in [6, 6.07) is 1.57. The monoisotopic (exact) mass is 372 g/mol. The average molecular weight is 372 g/mol. The van der Waals surface area contributed by atoms with Crippen LogP contribution < -0.4 is 5.32 Å². The highest BCUT2D eigenvalue weighted by Gasteiger charge is 2.35. The fourth-order valence-electron chi connectivity index (χ4n) is 2.94. The summed E-state index contributed by atoms with van der Waals surface area (Å²) in [5, 5.41) is 20.2. The molecule has 1 aliphatic rings. The van der Waals surface area contributed by atoms with Crippen molar-refractivity contribution in [3.63, 3.8) is 0 Å². The summed E-state index contributed by atoms with van der Waals surface area (Å²) in [6.45, 7) is 0.465. The van der Waals surface area contributed by atoms with Gasteiger partial charge in [0.05, 0.1) is 24.3 Å². The summed E-state index contributed by atoms with van der Waals surface area (Å²) < 4.78 is 39.8. The van der Waals surface area contributed by atoms with Crippen molar-refractivity contribution in [2.75, 3.05) is 27.2 Å². The number of rotatable bonds is 3. The van der Waals surface area contributed by atoms with Crippen molar-refractivity contribution in [3.8, 4) is 0 Å². The van der Waals surface area contributed by atoms with Crippen LogP contribution in [0.5, 0.6) is 0 Å². The number of pyridine rings is 1. The highest BCUT2D eigenvalue weighted by Crippen LogP contribution is 2.29. The number of likely N-dealkylation sites (tertiary alicyclic amines) is 1. The number of hydrogen-bond acceptors (Lipinski definition) is 5. The molecule has 3 rings (SSSR count). The summed E-state index contributed by atoms with van der Waals surface area (Å²) in [5.74, 6) is 0.184. The van der Waals surface area contributed by atoms with Gasteiger partial charge in [-0.15, -0.1) is 10.2 Å². The van der Waals surface area contributed by atoms with Crippen LogP contribution >= 0.6 is 0 Å². The van der Waals surface area contributed by atoms with Gasteiger partial charge in [-0.05, 0) is 26.2 Å². The average Bonchev–Trinajstić information content (AvgIpc) is 3.14. The van der Waals surface area contributed by atoms with E-state index < -0.39 is 23.9 Å². The van der Waals surface area contributed by atoms with Crippen LogP contribution in [0.4, 0.5) is 18.0 Å². The number of nitrogens with one attached hydrogen (secondary N) is 1. The van der Waals surface area contributed by atoms with Crippen molar-refractivity contribution in [1.82, 2.24) is 29.7 Å². The first-order chi connectivity index (χ1) is 12.2. The van der Waals surface area contributed by atoms with E-state index >= 15 is 0 Å². The van der Waals surface area contributed by atoms with Crippen LogP contribution in [0.15, 0.2) is 18.3 Å². The van der Waals surface area contributed by atoms with E-state index in [4.69, 9.17) is 0 Å². The number of aliphatic hydroxyl groups is 1. The van der Waals surface area contributed by atoms with Gasteiger partial charge in [-0.25, -0.2) is 4.79 Å². The van der Waals surface area contributed by atoms with Gasteiger partial charge in [0.2, 0.25) is 0 Å². The van der Waals surface area contributed by atoms with Crippen molar-refractivity contribution in [2.45, 2.75) is 24.9 Å². The van der Waals surface area contributed by atoms with Crippen LogP contribution in [-0.2, 0) is 12.7 Å². The zero-order valence-corrected chi connectivity index (χ0v) is 14.2. The molecule has 0 unspecified atom stereocenters. The Balaban J connectivity index is 1.69. The van der Waals surface area contributed by atoms with E-state index in [1.54, 1.807) is 0 Å². The van der Waals surface area contributed by atoms with Crippen LogP contribution in [0, 0.1) is 0 Å². The SMILES string of the molecule is CN(C)[C@H]1CN(C(=O)NCc2nnc3ccc(C(F)(F)F)cn23)C[C@@H]1O. The number of aromatic nitrogens is 3. The fourth-order valence-corrected chi connectivity index (χ4v) is 2.94. The number of nitrogens with zero attached hydrogens (tertiary/aromatic N) is 5. The van der Waals surface area contributed by atoms with Crippen LogP contribution in [0.3, 0.4) is 0 Å². The maximum atomic E-state index is 12.9. The smallest absolute Gasteiger partial charge is 0.390 e. The summed E-state index contributed by atoms with van der Waals surface area (Å²) >= 11 is 0. The third-order valence-electron chi connectivity index (χ3n) is 4.41. The Morgan fingerprint density at radius 3 is 2.69 bits per heavy atom. The quantitative estimate of drug-likeness (QED) is 0.823. The number of amides is 2. The number of carbonyl (C=O) groups is 1. The third-order valence-corrected chi connectivity index (χ3v) is 4.41. The molecule has 1 saturated heterocycles. The lowest BCUT2D eigenvalue weighted by Crippen LogP contribution is -2.40. The van der Waals surface area contributed by atoms with E-state index in [2.05, 4.69) is 15.5 Å². The third kappa shape index (κ3) is 3.58. The van der Waals surface area contributed by atoms with Crippen LogP contribution in [0.25, 0.3) is 5.65 Å². The molecule has 2 aromatic heterocycles. The van der Waals surface area contributed by atoms with E-state index in [1.807, 2.05) is 19.0 Å². The zero-order valence-electron chi connectivity index (χ0n) is 14.2. The minimum Gasteiger partial charge on any atom is -0.390 e. The normalized spacial score (nSPS) is 21.0. The summed E-state index contributed by atoms with van der Waals surface area (Å²) in [7, 11) is 3.63. The molecule has 2 atom stereocenters. The Morgan fingerprint density at radius 1 is 1.35 bits per heavy atom. The number of carbonyl (C=O) groups excluding carboxylic acids is 1. The van der Waals surface area contributed by atoms with Gasteiger partial charge in [-0.3, -0.25) is 4.40 Å². The molecule has 26 heavy (non-hydrogen) atoms. The van der Waals surface area contributed by atoms with Gasteiger partial charge in [-0.1, -0.05) is 0 Å². The van der Waals surface area contributed by atoms with E-state index in [0.717, 1.165) is 12.3 Å². The molecule has 0 spiro atoms. The van der Waals surface area contributed by atoms with Gasteiger partial charge in [0.15, 0.2) is 11.5 Å². The van der Waals surface area contributed by atoms with Gasteiger partial charge in [0, 0.05) is 19.3 Å². The second kappa shape index (κ2) is 6.72. The first-order valence-electron chi connectivity index (χ1n) is 7.95. The number of alkyl halides is 3. The number of fused-ring (bicyclic) bond motifs is 1. The molecule has 2 N–H and O–H groups in total. The van der Waals surface area contributed by atoms with Gasteiger partial charge in [0.1, 0.15) is 0 Å². The van der Waals surface area contributed by atoms with Crippen LogP contribution in [-0.4, -0.2) is 74.9 Å². The number of urea groups is 1. The molecule has 142 valence electrons. The molecule has 3 heterocycles. The highest BCUT2D eigenvalue weighted by molar-refractivity contribution is 5.74. The topological polar surface area (TPSA) is 86.0 Å². The molecule has 0 aromatic carbocycles. The Kier molecular flexibility index (Phi) is 4.76. The van der Waals surface area contributed by atoms with E-state index in [-0.39, 0.29) is 30.6 Å². The molecule has 0 saturated carbocycles. The molecule has 11 heteroatoms. The molecule has 1 fully saturated rings. The minimum absolute atomic E-state index is 0.0828. The molecule has 8 nitrogen and oxygen atoms in total. The first kappa shape index (κ1) is 18.4. The molecule has 0 aliphatic carbocycles. The van der Waals surface area contributed by atoms with Gasteiger partial charge >= 0.3 is 12.2 Å². The first-order valence-corrected chi connectivity index (χ1v) is 7.95. The number of hydrogen-bond donors (Lipinski definition) is 2. The maximum Gasteiger partial charge on any atom is 0.417 e. The van der Waals surface area contributed by atoms with E-state index in [0.29, 0.717) is 6.54 Å². The predicted molar refractivity (Wildman–Crippen MR) is 85.3 cm³/mol. The Labute approximate surface area is 147 Å². The second-order valence-corrected chi connectivity index (χ2v) is 6.42. The molecular weight excluding hydrogens is 353 g/mol. The second-order valence-electron chi connectivity index (χ2n) is 6.42. The predicted octanol–water partition coefficient (Wildman–Crippen LogP) is 0.564. The van der Waals surface area contributed by atoms with Gasteiger partial charge in [0.25, 0.3) is 0 Å². The Morgan fingerprint density at radius 2 is 2.08 bits per heavy atom. The number of aliphatic hydroxyl groups excluding tert-OH is 1. The van der Waals surface area contributed by atoms with Gasteiger partial charge < -0.3 is 20.2 Å². The van der Waals surface area contributed by atoms with Crippen LogP contribution in [0.2, 0.25) is 0 Å². The Hall–Kier alpha value is -2.40. The molecule has 2 aromatic rings. The standard InChI is InChI=1S/C15H19F3N6O2/c1-22(2)10-7-23(8-11(10)25)14(26)19-5-13-21-20-12-4-3-9(6-24(12)13)15(16,17)18/h3-4,6,10-11,25H,5,7-8H2,1-2H3,(H,19,26)/t10-,11-/m0/s1. The molecular formula is C15H19F3N6O2. The molecule has 0 bridgehead atoms. The highest BCUT2D eigenvalue weighted by atomic mass is 19.4. The summed E-state index contributed by atoms with van der Waals surface area (Å²) in [6.07, 6.45) is -4.23. The largest absolute Gasteiger partial charge is 0.417 e. The lowest BCUT2D eigenvalue weighted by Gasteiger charge is -2.21. The van der Waals surface area contributed by atoms with Crippen molar-refractivity contribution in [2.24, 2.45) is 0 Å². The number of β-amino-alcohol motifs (C(OH)–C–C–N with tert-alkyl or cyclic N) is 1. The zero-order chi connectivity index (χ0) is 19.1. The maximum absolute atomic E-state index is 12.9. The molecule has 0 radical (unpaired) electrons. The van der Waals surface area contributed by atoms with Crippen molar-refractivity contribution >= 4 is 11.7 Å². The number of halogens is 3. The summed E-state index contributed by atoms with van der Waals surface area (Å²) in [5.41, 5.74) is -0.569. The van der Waals surface area contributed by atoms with E-state index in [1.165, 1.54) is 15.4 Å². The summed E-state index contributed by atoms with van der Waals surface area (Å²) in [4.78, 5) is 15.6. The number of likely N-dealkylation sites (N-methyl/N-ethyl adjacent to an activating group) is 1. The lowest BCUT2D eigenvalue weighted by molar-refractivity contribution is -0.137. The van der Waals surface area contributed by atoms with Crippen molar-refractivity contribution < 1.29 is 23.1 Å². The fraction of sp³-hybridized carbons (Fsp3) is 0.533. The molecule has 2 amide bonds.